The number of nitrogens with zero attached hydrogens (tertiary/aromatic N) is 2. The van der Waals surface area contributed by atoms with Crippen LogP contribution in [0.2, 0.25) is 0 Å². The van der Waals surface area contributed by atoms with E-state index in [0.717, 1.165) is 30.0 Å². The molecule has 1 amide bonds. The Morgan fingerprint density at radius 3 is 2.14 bits per heavy atom. The number of hydrogen-bond donors (Lipinski definition) is 0. The SMILES string of the molecule is CCN(CC)CC(=O)N(C)CCOc1c(C)cc(C)cc1C. The first-order valence-corrected chi connectivity index (χ1v) is 8.06. The smallest absolute Gasteiger partial charge is 0.236 e. The fraction of sp³-hybridized carbons (Fsp3) is 0.611. The van der Waals surface area contributed by atoms with Gasteiger partial charge in [0.25, 0.3) is 0 Å². The third-order valence-corrected chi connectivity index (χ3v) is 3.96. The summed E-state index contributed by atoms with van der Waals surface area (Å²) >= 11 is 0. The van der Waals surface area contributed by atoms with Crippen LogP contribution in [0.15, 0.2) is 12.1 Å². The highest BCUT2D eigenvalue weighted by Crippen LogP contribution is 2.24. The molecule has 0 fully saturated rings. The van der Waals surface area contributed by atoms with Crippen LogP contribution >= 0.6 is 0 Å². The Hall–Kier alpha value is -1.55. The first kappa shape index (κ1) is 18.5. The van der Waals surface area contributed by atoms with Gasteiger partial charge >= 0.3 is 0 Å². The van der Waals surface area contributed by atoms with Crippen LogP contribution < -0.4 is 4.74 Å². The summed E-state index contributed by atoms with van der Waals surface area (Å²) in [7, 11) is 1.84. The summed E-state index contributed by atoms with van der Waals surface area (Å²) in [6, 6.07) is 4.25. The molecule has 0 aliphatic heterocycles. The fourth-order valence-electron chi connectivity index (χ4n) is 2.56. The second-order valence-corrected chi connectivity index (χ2v) is 5.85. The van der Waals surface area contributed by atoms with E-state index in [-0.39, 0.29) is 5.91 Å². The van der Waals surface area contributed by atoms with E-state index >= 15 is 0 Å². The van der Waals surface area contributed by atoms with Crippen molar-refractivity contribution in [1.82, 2.24) is 9.80 Å². The minimum Gasteiger partial charge on any atom is -0.491 e. The predicted octanol–water partition coefficient (Wildman–Crippen LogP) is 2.79. The maximum atomic E-state index is 12.1. The van der Waals surface area contributed by atoms with Crippen LogP contribution in [0.3, 0.4) is 0 Å². The lowest BCUT2D eigenvalue weighted by Crippen LogP contribution is -2.39. The van der Waals surface area contributed by atoms with Gasteiger partial charge in [-0.25, -0.2) is 0 Å². The van der Waals surface area contributed by atoms with E-state index in [1.54, 1.807) is 4.90 Å². The number of rotatable bonds is 8. The molecule has 0 saturated heterocycles. The number of hydrogen-bond acceptors (Lipinski definition) is 3. The molecule has 4 heteroatoms. The number of carbonyl (C=O) groups excluding carboxylic acids is 1. The van der Waals surface area contributed by atoms with Crippen molar-refractivity contribution in [2.75, 3.05) is 39.8 Å². The van der Waals surface area contributed by atoms with Gasteiger partial charge in [0.05, 0.1) is 13.1 Å². The molecule has 0 aromatic heterocycles. The fourth-order valence-corrected chi connectivity index (χ4v) is 2.56. The van der Waals surface area contributed by atoms with Crippen molar-refractivity contribution in [2.45, 2.75) is 34.6 Å². The first-order chi connectivity index (χ1) is 10.4. The Balaban J connectivity index is 2.48. The second kappa shape index (κ2) is 8.79. The molecule has 0 aliphatic rings. The van der Waals surface area contributed by atoms with Gasteiger partial charge in [0.15, 0.2) is 0 Å². The number of benzene rings is 1. The summed E-state index contributed by atoms with van der Waals surface area (Å²) in [5.41, 5.74) is 3.54. The van der Waals surface area contributed by atoms with Crippen LogP contribution in [-0.4, -0.2) is 55.5 Å². The van der Waals surface area contributed by atoms with Crippen molar-refractivity contribution in [3.8, 4) is 5.75 Å². The van der Waals surface area contributed by atoms with E-state index in [9.17, 15) is 4.79 Å². The number of carbonyl (C=O) groups is 1. The zero-order chi connectivity index (χ0) is 16.7. The summed E-state index contributed by atoms with van der Waals surface area (Å²) in [4.78, 5) is 16.0. The van der Waals surface area contributed by atoms with Gasteiger partial charge in [0.2, 0.25) is 5.91 Å². The molecule has 0 saturated carbocycles. The molecule has 0 spiro atoms. The van der Waals surface area contributed by atoms with Crippen LogP contribution in [0.5, 0.6) is 5.75 Å². The van der Waals surface area contributed by atoms with Crippen LogP contribution in [0.1, 0.15) is 30.5 Å². The van der Waals surface area contributed by atoms with Crippen molar-refractivity contribution < 1.29 is 9.53 Å². The number of ether oxygens (including phenoxy) is 1. The summed E-state index contributed by atoms with van der Waals surface area (Å²) in [5.74, 6) is 1.08. The third kappa shape index (κ3) is 5.34. The summed E-state index contributed by atoms with van der Waals surface area (Å²) < 4.78 is 5.89. The summed E-state index contributed by atoms with van der Waals surface area (Å²) in [5, 5.41) is 0. The van der Waals surface area contributed by atoms with Gasteiger partial charge in [0.1, 0.15) is 12.4 Å². The maximum Gasteiger partial charge on any atom is 0.236 e. The number of likely N-dealkylation sites (N-methyl/N-ethyl adjacent to an activating group) is 2. The molecule has 124 valence electrons. The molecule has 0 unspecified atom stereocenters. The molecule has 22 heavy (non-hydrogen) atoms. The average Bonchev–Trinajstić information content (AvgIpc) is 2.46. The zero-order valence-corrected chi connectivity index (χ0v) is 14.9. The highest BCUT2D eigenvalue weighted by Gasteiger charge is 2.12. The first-order valence-electron chi connectivity index (χ1n) is 8.06. The minimum atomic E-state index is 0.143. The second-order valence-electron chi connectivity index (χ2n) is 5.85. The molecule has 0 bridgehead atoms. The topological polar surface area (TPSA) is 32.8 Å². The van der Waals surface area contributed by atoms with E-state index in [1.807, 2.05) is 7.05 Å². The molecule has 4 nitrogen and oxygen atoms in total. The quantitative estimate of drug-likeness (QED) is 0.740. The third-order valence-electron chi connectivity index (χ3n) is 3.96. The lowest BCUT2D eigenvalue weighted by Gasteiger charge is -2.23. The van der Waals surface area contributed by atoms with E-state index in [0.29, 0.717) is 19.7 Å². The molecular formula is C18H30N2O2. The monoisotopic (exact) mass is 306 g/mol. The molecule has 0 heterocycles. The van der Waals surface area contributed by atoms with Crippen LogP contribution in [0, 0.1) is 20.8 Å². The predicted molar refractivity (Wildman–Crippen MR) is 91.6 cm³/mol. The van der Waals surface area contributed by atoms with Gasteiger partial charge in [0, 0.05) is 7.05 Å². The number of aryl methyl sites for hydroxylation is 3. The average molecular weight is 306 g/mol. The van der Waals surface area contributed by atoms with Crippen molar-refractivity contribution >= 4 is 5.91 Å². The van der Waals surface area contributed by atoms with Crippen molar-refractivity contribution in [3.05, 3.63) is 28.8 Å². The Bertz CT molecular complexity index is 473. The molecule has 1 aromatic rings. The zero-order valence-electron chi connectivity index (χ0n) is 14.9. The molecule has 0 N–H and O–H groups in total. The molecule has 0 radical (unpaired) electrons. The van der Waals surface area contributed by atoms with Crippen LogP contribution in [0.4, 0.5) is 0 Å². The van der Waals surface area contributed by atoms with Gasteiger partial charge in [-0.05, 0) is 45.0 Å². The molecule has 1 rings (SSSR count). The van der Waals surface area contributed by atoms with Gasteiger partial charge in [-0.15, -0.1) is 0 Å². The minimum absolute atomic E-state index is 0.143. The highest BCUT2D eigenvalue weighted by atomic mass is 16.5. The number of amides is 1. The normalized spacial score (nSPS) is 10.9. The van der Waals surface area contributed by atoms with E-state index in [4.69, 9.17) is 4.74 Å². The largest absolute Gasteiger partial charge is 0.491 e. The molecule has 0 atom stereocenters. The van der Waals surface area contributed by atoms with Crippen LogP contribution in [0.25, 0.3) is 0 Å². The highest BCUT2D eigenvalue weighted by molar-refractivity contribution is 5.77. The van der Waals surface area contributed by atoms with Gasteiger partial charge in [-0.2, -0.15) is 0 Å². The Morgan fingerprint density at radius 1 is 1.09 bits per heavy atom. The Morgan fingerprint density at radius 2 is 1.64 bits per heavy atom. The van der Waals surface area contributed by atoms with E-state index in [2.05, 4.69) is 51.7 Å². The van der Waals surface area contributed by atoms with Crippen LogP contribution in [-0.2, 0) is 4.79 Å². The summed E-state index contributed by atoms with van der Waals surface area (Å²) in [6.45, 7) is 13.7. The van der Waals surface area contributed by atoms with Gasteiger partial charge in [-0.3, -0.25) is 9.69 Å². The van der Waals surface area contributed by atoms with E-state index < -0.39 is 0 Å². The molecule has 0 aliphatic carbocycles. The van der Waals surface area contributed by atoms with E-state index in [1.165, 1.54) is 5.56 Å². The summed E-state index contributed by atoms with van der Waals surface area (Å²) in [6.07, 6.45) is 0. The molecular weight excluding hydrogens is 276 g/mol. The lowest BCUT2D eigenvalue weighted by molar-refractivity contribution is -0.131. The Kier molecular flexibility index (Phi) is 7.39. The van der Waals surface area contributed by atoms with Crippen molar-refractivity contribution in [3.63, 3.8) is 0 Å². The lowest BCUT2D eigenvalue weighted by atomic mass is 10.1. The van der Waals surface area contributed by atoms with Gasteiger partial charge in [-0.1, -0.05) is 31.5 Å². The standard InChI is InChI=1S/C18H30N2O2/c1-7-20(8-2)13-17(21)19(6)9-10-22-18-15(4)11-14(3)12-16(18)5/h11-12H,7-10,13H2,1-6H3. The van der Waals surface area contributed by atoms with Crippen molar-refractivity contribution in [1.29, 1.82) is 0 Å². The van der Waals surface area contributed by atoms with Gasteiger partial charge < -0.3 is 9.64 Å². The maximum absolute atomic E-state index is 12.1. The van der Waals surface area contributed by atoms with Crippen molar-refractivity contribution in [2.24, 2.45) is 0 Å². The Labute approximate surface area is 135 Å². The molecule has 1 aromatic carbocycles.